The molecule has 0 spiro atoms. The van der Waals surface area contributed by atoms with E-state index in [9.17, 15) is 25.0 Å². The molecule has 0 aliphatic heterocycles. The molecule has 0 saturated heterocycles. The van der Waals surface area contributed by atoms with E-state index < -0.39 is 26.3 Å². The Morgan fingerprint density at radius 1 is 1.00 bits per heavy atom. The highest BCUT2D eigenvalue weighted by atomic mass is 32.2. The molecule has 112 valence electrons. The number of phenols is 1. The molecule has 8 nitrogen and oxygen atoms in total. The van der Waals surface area contributed by atoms with Gasteiger partial charge in [-0.3, -0.25) is 25.0 Å². The van der Waals surface area contributed by atoms with Crippen LogP contribution >= 0.6 is 11.8 Å². The van der Waals surface area contributed by atoms with Gasteiger partial charge < -0.3 is 5.11 Å². The van der Waals surface area contributed by atoms with Gasteiger partial charge in [0.15, 0.2) is 0 Å². The Hall–Kier alpha value is -2.94. The average molecular weight is 320 g/mol. The second-order valence-electron chi connectivity index (χ2n) is 4.10. The van der Waals surface area contributed by atoms with Crippen LogP contribution in [0.15, 0.2) is 47.4 Å². The lowest BCUT2D eigenvalue weighted by atomic mass is 10.2. The minimum atomic E-state index is -0.778. The molecular weight excluding hydrogens is 312 g/mol. The van der Waals surface area contributed by atoms with E-state index in [0.29, 0.717) is 11.8 Å². The van der Waals surface area contributed by atoms with Crippen LogP contribution in [0.25, 0.3) is 0 Å². The maximum Gasteiger partial charge on any atom is 0.290 e. The number of thioether (sulfide) groups is 1. The van der Waals surface area contributed by atoms with Crippen molar-refractivity contribution >= 4 is 28.3 Å². The van der Waals surface area contributed by atoms with Crippen LogP contribution in [-0.2, 0) is 0 Å². The number of aromatic hydroxyl groups is 1. The Morgan fingerprint density at radius 3 is 2.18 bits per heavy atom. The van der Waals surface area contributed by atoms with Crippen molar-refractivity contribution in [2.24, 2.45) is 0 Å². The summed E-state index contributed by atoms with van der Waals surface area (Å²) in [6.07, 6.45) is 0. The van der Waals surface area contributed by atoms with Gasteiger partial charge in [-0.1, -0.05) is 0 Å². The largest absolute Gasteiger partial charge is 0.508 e. The van der Waals surface area contributed by atoms with E-state index in [0.717, 1.165) is 12.1 Å². The van der Waals surface area contributed by atoms with Gasteiger partial charge in [0.1, 0.15) is 5.75 Å². The van der Waals surface area contributed by atoms with Crippen LogP contribution in [0.4, 0.5) is 11.4 Å². The molecule has 0 fully saturated rings. The number of nitro groups is 2. The van der Waals surface area contributed by atoms with E-state index in [2.05, 4.69) is 0 Å². The predicted octanol–water partition coefficient (Wildman–Crippen LogP) is 3.14. The van der Waals surface area contributed by atoms with Gasteiger partial charge in [0, 0.05) is 11.6 Å². The summed E-state index contributed by atoms with van der Waals surface area (Å²) < 4.78 is 0. The van der Waals surface area contributed by atoms with Crippen molar-refractivity contribution in [3.63, 3.8) is 0 Å². The summed E-state index contributed by atoms with van der Waals surface area (Å²) in [5.74, 6) is -0.0112. The van der Waals surface area contributed by atoms with Crippen LogP contribution in [-0.4, -0.2) is 20.1 Å². The van der Waals surface area contributed by atoms with Gasteiger partial charge in [0.2, 0.25) is 5.12 Å². The highest BCUT2D eigenvalue weighted by Crippen LogP contribution is 2.34. The molecule has 2 aromatic rings. The van der Waals surface area contributed by atoms with Crippen molar-refractivity contribution in [2.75, 3.05) is 0 Å². The molecule has 22 heavy (non-hydrogen) atoms. The smallest absolute Gasteiger partial charge is 0.290 e. The third-order valence-corrected chi connectivity index (χ3v) is 3.64. The number of nitro benzene ring substituents is 2. The first-order chi connectivity index (χ1) is 10.4. The Morgan fingerprint density at radius 2 is 1.64 bits per heavy atom. The first-order valence-corrected chi connectivity index (χ1v) is 6.64. The lowest BCUT2D eigenvalue weighted by Crippen LogP contribution is -1.97. The maximum atomic E-state index is 12.0. The number of carbonyl (C=O) groups is 1. The van der Waals surface area contributed by atoms with Crippen LogP contribution in [0.5, 0.6) is 5.75 Å². The van der Waals surface area contributed by atoms with Gasteiger partial charge in [0.25, 0.3) is 11.4 Å². The van der Waals surface area contributed by atoms with Gasteiger partial charge in [-0.25, -0.2) is 0 Å². The fourth-order valence-electron chi connectivity index (χ4n) is 1.60. The van der Waals surface area contributed by atoms with Crippen LogP contribution < -0.4 is 0 Å². The average Bonchev–Trinajstić information content (AvgIpc) is 2.47. The Labute approximate surface area is 127 Å². The van der Waals surface area contributed by atoms with E-state index in [1.165, 1.54) is 30.3 Å². The van der Waals surface area contributed by atoms with Crippen molar-refractivity contribution in [3.8, 4) is 5.75 Å². The SMILES string of the molecule is O=C(Sc1ccc([N+](=O)[O-])cc1[N+](=O)[O-])c1ccc(O)cc1. The molecule has 0 amide bonds. The van der Waals surface area contributed by atoms with Gasteiger partial charge in [-0.05, 0) is 42.1 Å². The number of carbonyl (C=O) groups excluding carboxylic acids is 1. The van der Waals surface area contributed by atoms with Crippen molar-refractivity contribution in [2.45, 2.75) is 4.90 Å². The normalized spacial score (nSPS) is 10.2. The molecule has 0 aliphatic rings. The third-order valence-electron chi connectivity index (χ3n) is 2.66. The number of hydrogen-bond acceptors (Lipinski definition) is 7. The minimum Gasteiger partial charge on any atom is -0.508 e. The molecule has 0 heterocycles. The fraction of sp³-hybridized carbons (Fsp3) is 0. The topological polar surface area (TPSA) is 124 Å². The van der Waals surface area contributed by atoms with Gasteiger partial charge >= 0.3 is 0 Å². The molecule has 2 rings (SSSR count). The number of non-ortho nitro benzene ring substituents is 1. The zero-order chi connectivity index (χ0) is 16.3. The van der Waals surface area contributed by atoms with Gasteiger partial charge in [-0.15, -0.1) is 0 Å². The Kier molecular flexibility index (Phi) is 4.37. The molecule has 1 N–H and O–H groups in total. The van der Waals surface area contributed by atoms with E-state index in [4.69, 9.17) is 5.11 Å². The molecule has 9 heteroatoms. The first-order valence-electron chi connectivity index (χ1n) is 5.82. The Bertz CT molecular complexity index is 760. The number of nitrogens with zero attached hydrogens (tertiary/aromatic N) is 2. The van der Waals surface area contributed by atoms with Crippen LogP contribution in [0, 0.1) is 20.2 Å². The first kappa shape index (κ1) is 15.4. The van der Waals surface area contributed by atoms with Crippen LogP contribution in [0.3, 0.4) is 0 Å². The quantitative estimate of drug-likeness (QED) is 0.521. The summed E-state index contributed by atoms with van der Waals surface area (Å²) in [6.45, 7) is 0. The van der Waals surface area contributed by atoms with E-state index >= 15 is 0 Å². The van der Waals surface area contributed by atoms with Crippen molar-refractivity contribution < 1.29 is 19.7 Å². The highest BCUT2D eigenvalue weighted by molar-refractivity contribution is 8.14. The molecule has 0 unspecified atom stereocenters. The number of phenolic OH excluding ortho intramolecular Hbond substituents is 1. The van der Waals surface area contributed by atoms with Gasteiger partial charge in [-0.2, -0.15) is 0 Å². The zero-order valence-electron chi connectivity index (χ0n) is 10.8. The summed E-state index contributed by atoms with van der Waals surface area (Å²) in [6, 6.07) is 8.46. The van der Waals surface area contributed by atoms with E-state index in [1.54, 1.807) is 0 Å². The van der Waals surface area contributed by atoms with Crippen molar-refractivity contribution in [1.82, 2.24) is 0 Å². The number of hydrogen-bond donors (Lipinski definition) is 1. The van der Waals surface area contributed by atoms with Crippen molar-refractivity contribution in [3.05, 3.63) is 68.3 Å². The summed E-state index contributed by atoms with van der Waals surface area (Å²) in [7, 11) is 0. The minimum absolute atomic E-state index is 0.00803. The van der Waals surface area contributed by atoms with Gasteiger partial charge in [0.05, 0.1) is 20.8 Å². The molecule has 0 radical (unpaired) electrons. The summed E-state index contributed by atoms with van der Waals surface area (Å²) in [5.41, 5.74) is -0.685. The molecular formula is C13H8N2O6S. The maximum absolute atomic E-state index is 12.0. The van der Waals surface area contributed by atoms with Crippen LogP contribution in [0.2, 0.25) is 0 Å². The standard InChI is InChI=1S/C13H8N2O6S/c16-10-4-1-8(2-5-10)13(17)22-12-6-3-9(14(18)19)7-11(12)15(20)21/h1-7,16H. The number of rotatable bonds is 4. The second-order valence-corrected chi connectivity index (χ2v) is 5.12. The zero-order valence-corrected chi connectivity index (χ0v) is 11.6. The lowest BCUT2D eigenvalue weighted by Gasteiger charge is -2.03. The summed E-state index contributed by atoms with van der Waals surface area (Å²) in [4.78, 5) is 32.2. The molecule has 0 atom stereocenters. The number of benzene rings is 2. The van der Waals surface area contributed by atoms with E-state index in [1.807, 2.05) is 0 Å². The summed E-state index contributed by atoms with van der Waals surface area (Å²) >= 11 is 0.593. The van der Waals surface area contributed by atoms with Crippen molar-refractivity contribution in [1.29, 1.82) is 0 Å². The molecule has 0 aromatic heterocycles. The third kappa shape index (κ3) is 3.38. The molecule has 2 aromatic carbocycles. The Balaban J connectivity index is 2.32. The molecule has 0 bridgehead atoms. The molecule has 0 aliphatic carbocycles. The second kappa shape index (κ2) is 6.22. The highest BCUT2D eigenvalue weighted by Gasteiger charge is 2.22. The fourth-order valence-corrected chi connectivity index (χ4v) is 2.43. The van der Waals surface area contributed by atoms with Crippen LogP contribution in [0.1, 0.15) is 10.4 Å². The summed E-state index contributed by atoms with van der Waals surface area (Å²) in [5, 5.41) is 30.3. The molecule has 0 saturated carbocycles. The van der Waals surface area contributed by atoms with E-state index in [-0.39, 0.29) is 16.2 Å². The lowest BCUT2D eigenvalue weighted by molar-refractivity contribution is -0.396. The monoisotopic (exact) mass is 320 g/mol. The predicted molar refractivity (Wildman–Crippen MR) is 78.0 cm³/mol.